The van der Waals surface area contributed by atoms with E-state index in [9.17, 15) is 13.6 Å². The van der Waals surface area contributed by atoms with Gasteiger partial charge in [0.25, 0.3) is 0 Å². The lowest BCUT2D eigenvalue weighted by molar-refractivity contribution is -0.0348. The Bertz CT molecular complexity index is 994. The Hall–Kier alpha value is -2.47. The van der Waals surface area contributed by atoms with E-state index < -0.39 is 11.6 Å². The standard InChI is InChI=1S/C25H28F2N2O2/c1-25(2)13-17-4-3-16(18-9-19(26)12-20(27)10-18)11-21(17)23(25)28-24(30)31-22-14-29-7-5-15(22)6-8-29/h3-4,9-12,15,22-23H,5-8,13-14H2,1-2H3,(H,28,30)/t22-,23?/m0/s1. The smallest absolute Gasteiger partial charge is 0.407 e. The lowest BCUT2D eigenvalue weighted by Crippen LogP contribution is -2.53. The molecule has 2 aromatic carbocycles. The number of amides is 1. The van der Waals surface area contributed by atoms with Crippen molar-refractivity contribution < 1.29 is 18.3 Å². The SMILES string of the molecule is CC1(C)Cc2ccc(-c3cc(F)cc(F)c3)cc2C1NC(=O)O[C@H]1CN2CCC1CC2. The molecule has 3 aliphatic heterocycles. The molecule has 0 spiro atoms. The van der Waals surface area contributed by atoms with Crippen molar-refractivity contribution in [2.24, 2.45) is 11.3 Å². The van der Waals surface area contributed by atoms with Gasteiger partial charge in [-0.15, -0.1) is 0 Å². The van der Waals surface area contributed by atoms with E-state index in [0.717, 1.165) is 61.7 Å². The van der Waals surface area contributed by atoms with E-state index in [1.54, 1.807) is 0 Å². The molecule has 6 heteroatoms. The Labute approximate surface area is 181 Å². The normalized spacial score (nSPS) is 28.3. The first-order chi connectivity index (χ1) is 14.8. The number of hydrogen-bond donors (Lipinski definition) is 1. The van der Waals surface area contributed by atoms with Gasteiger partial charge in [-0.25, -0.2) is 13.6 Å². The van der Waals surface area contributed by atoms with E-state index in [4.69, 9.17) is 4.74 Å². The monoisotopic (exact) mass is 426 g/mol. The van der Waals surface area contributed by atoms with Crippen LogP contribution in [0.1, 0.15) is 43.9 Å². The predicted molar refractivity (Wildman–Crippen MR) is 115 cm³/mol. The van der Waals surface area contributed by atoms with Gasteiger partial charge in [0.2, 0.25) is 0 Å². The molecule has 2 aromatic rings. The van der Waals surface area contributed by atoms with Crippen LogP contribution in [0.3, 0.4) is 0 Å². The average molecular weight is 427 g/mol. The Balaban J connectivity index is 1.37. The fraction of sp³-hybridized carbons (Fsp3) is 0.480. The molecule has 4 nitrogen and oxygen atoms in total. The third-order valence-corrected chi connectivity index (χ3v) is 7.20. The number of ether oxygens (including phenoxy) is 1. The molecule has 2 atom stereocenters. The topological polar surface area (TPSA) is 41.6 Å². The molecule has 3 fully saturated rings. The minimum absolute atomic E-state index is 0.0481. The quantitative estimate of drug-likeness (QED) is 0.745. The van der Waals surface area contributed by atoms with Gasteiger partial charge in [-0.1, -0.05) is 26.0 Å². The minimum atomic E-state index is -0.605. The number of rotatable bonds is 3. The predicted octanol–water partition coefficient (Wildman–Crippen LogP) is 5.08. The third-order valence-electron chi connectivity index (χ3n) is 7.20. The molecule has 164 valence electrons. The molecule has 0 saturated carbocycles. The first-order valence-electron chi connectivity index (χ1n) is 11.1. The molecule has 4 aliphatic rings. The molecule has 6 rings (SSSR count). The molecule has 0 aromatic heterocycles. The van der Waals surface area contributed by atoms with Crippen LogP contribution in [0.5, 0.6) is 0 Å². The highest BCUT2D eigenvalue weighted by Gasteiger charge is 2.42. The molecule has 3 saturated heterocycles. The molecular weight excluding hydrogens is 398 g/mol. The summed E-state index contributed by atoms with van der Waals surface area (Å²) in [5, 5.41) is 3.11. The fourth-order valence-electron chi connectivity index (χ4n) is 5.55. The first-order valence-corrected chi connectivity index (χ1v) is 11.1. The summed E-state index contributed by atoms with van der Waals surface area (Å²) in [4.78, 5) is 15.2. The summed E-state index contributed by atoms with van der Waals surface area (Å²) in [6, 6.07) is 9.12. The summed E-state index contributed by atoms with van der Waals surface area (Å²) in [5.74, 6) is -0.757. The van der Waals surface area contributed by atoms with Crippen molar-refractivity contribution in [3.63, 3.8) is 0 Å². The van der Waals surface area contributed by atoms with Crippen molar-refractivity contribution in [3.8, 4) is 11.1 Å². The van der Waals surface area contributed by atoms with E-state index in [1.165, 1.54) is 12.1 Å². The minimum Gasteiger partial charge on any atom is -0.445 e. The van der Waals surface area contributed by atoms with Gasteiger partial charge < -0.3 is 10.1 Å². The number of carbonyl (C=O) groups is 1. The van der Waals surface area contributed by atoms with Crippen LogP contribution in [-0.2, 0) is 11.2 Å². The van der Waals surface area contributed by atoms with Crippen LogP contribution in [0, 0.1) is 23.0 Å². The maximum Gasteiger partial charge on any atom is 0.407 e. The fourth-order valence-corrected chi connectivity index (χ4v) is 5.55. The van der Waals surface area contributed by atoms with Crippen molar-refractivity contribution in [1.29, 1.82) is 0 Å². The number of carbonyl (C=O) groups excluding carboxylic acids is 1. The number of nitrogens with zero attached hydrogens (tertiary/aromatic N) is 1. The number of nitrogens with one attached hydrogen (secondary N) is 1. The van der Waals surface area contributed by atoms with Gasteiger partial charge >= 0.3 is 6.09 Å². The first kappa shape index (κ1) is 20.4. The van der Waals surface area contributed by atoms with Gasteiger partial charge in [-0.3, -0.25) is 4.90 Å². The van der Waals surface area contributed by atoms with Gasteiger partial charge in [0, 0.05) is 12.6 Å². The van der Waals surface area contributed by atoms with Gasteiger partial charge in [-0.2, -0.15) is 0 Å². The van der Waals surface area contributed by atoms with Gasteiger partial charge in [0.15, 0.2) is 0 Å². The molecule has 1 N–H and O–H groups in total. The van der Waals surface area contributed by atoms with Gasteiger partial charge in [-0.05, 0) is 84.1 Å². The lowest BCUT2D eigenvalue weighted by Gasteiger charge is -2.44. The van der Waals surface area contributed by atoms with E-state index in [2.05, 4.69) is 24.1 Å². The van der Waals surface area contributed by atoms with Crippen LogP contribution in [0.4, 0.5) is 13.6 Å². The van der Waals surface area contributed by atoms with Crippen molar-refractivity contribution in [2.75, 3.05) is 19.6 Å². The molecule has 3 heterocycles. The van der Waals surface area contributed by atoms with E-state index >= 15 is 0 Å². The Kier molecular flexibility index (Phi) is 5.00. The Morgan fingerprint density at radius 3 is 2.42 bits per heavy atom. The third kappa shape index (κ3) is 3.93. The zero-order valence-electron chi connectivity index (χ0n) is 18.0. The number of fused-ring (bicyclic) bond motifs is 4. The number of hydrogen-bond acceptors (Lipinski definition) is 3. The van der Waals surface area contributed by atoms with E-state index in [0.29, 0.717) is 11.5 Å². The zero-order chi connectivity index (χ0) is 21.8. The number of piperidine rings is 3. The van der Waals surface area contributed by atoms with Crippen LogP contribution < -0.4 is 5.32 Å². The highest BCUT2D eigenvalue weighted by atomic mass is 19.1. The average Bonchev–Trinajstić information content (AvgIpc) is 2.97. The maximum absolute atomic E-state index is 13.7. The molecular formula is C25H28F2N2O2. The van der Waals surface area contributed by atoms with E-state index in [-0.39, 0.29) is 23.7 Å². The van der Waals surface area contributed by atoms with Crippen molar-refractivity contribution in [2.45, 2.75) is 45.3 Å². The molecule has 0 radical (unpaired) electrons. The zero-order valence-corrected chi connectivity index (χ0v) is 18.0. The van der Waals surface area contributed by atoms with Crippen LogP contribution >= 0.6 is 0 Å². The summed E-state index contributed by atoms with van der Waals surface area (Å²) in [6.07, 6.45) is 2.55. The summed E-state index contributed by atoms with van der Waals surface area (Å²) >= 11 is 0. The number of benzene rings is 2. The van der Waals surface area contributed by atoms with E-state index in [1.807, 2.05) is 18.2 Å². The summed E-state index contributed by atoms with van der Waals surface area (Å²) in [6.45, 7) is 7.25. The second kappa shape index (κ2) is 7.59. The Morgan fingerprint density at radius 1 is 1.06 bits per heavy atom. The van der Waals surface area contributed by atoms with Crippen molar-refractivity contribution in [3.05, 3.63) is 59.2 Å². The highest BCUT2D eigenvalue weighted by Crippen LogP contribution is 2.46. The molecule has 1 aliphatic carbocycles. The van der Waals surface area contributed by atoms with Crippen molar-refractivity contribution >= 4 is 6.09 Å². The van der Waals surface area contributed by atoms with Crippen LogP contribution in [-0.4, -0.2) is 36.7 Å². The Morgan fingerprint density at radius 2 is 1.77 bits per heavy atom. The molecule has 1 unspecified atom stereocenters. The maximum atomic E-state index is 13.7. The molecule has 2 bridgehead atoms. The van der Waals surface area contributed by atoms with Gasteiger partial charge in [0.05, 0.1) is 6.04 Å². The second-order valence-corrected chi connectivity index (χ2v) is 9.90. The molecule has 31 heavy (non-hydrogen) atoms. The number of halogens is 2. The summed E-state index contributed by atoms with van der Waals surface area (Å²) < 4.78 is 33.3. The summed E-state index contributed by atoms with van der Waals surface area (Å²) in [7, 11) is 0. The van der Waals surface area contributed by atoms with Crippen LogP contribution in [0.15, 0.2) is 36.4 Å². The second-order valence-electron chi connectivity index (χ2n) is 9.90. The number of alkyl carbamates (subject to hydrolysis) is 1. The van der Waals surface area contributed by atoms with Crippen LogP contribution in [0.2, 0.25) is 0 Å². The molecule has 1 amide bonds. The largest absolute Gasteiger partial charge is 0.445 e. The van der Waals surface area contributed by atoms with Gasteiger partial charge in [0.1, 0.15) is 17.7 Å². The summed E-state index contributed by atoms with van der Waals surface area (Å²) in [5.41, 5.74) is 3.14. The lowest BCUT2D eigenvalue weighted by atomic mass is 9.85. The van der Waals surface area contributed by atoms with Crippen molar-refractivity contribution in [1.82, 2.24) is 10.2 Å². The van der Waals surface area contributed by atoms with Crippen LogP contribution in [0.25, 0.3) is 11.1 Å². The highest BCUT2D eigenvalue weighted by molar-refractivity contribution is 5.70.